The van der Waals surface area contributed by atoms with E-state index < -0.39 is 5.97 Å². The zero-order valence-electron chi connectivity index (χ0n) is 9.98. The Morgan fingerprint density at radius 2 is 1.72 bits per heavy atom. The fraction of sp³-hybridized carbons (Fsp3) is 0.133. The number of aromatic carboxylic acids is 1. The monoisotopic (exact) mass is 260 g/mol. The molecule has 2 aromatic carbocycles. The highest BCUT2D eigenvalue weighted by molar-refractivity contribution is 6.33. The van der Waals surface area contributed by atoms with Gasteiger partial charge in [0.1, 0.15) is 0 Å². The molecule has 0 spiro atoms. The van der Waals surface area contributed by atoms with Crippen molar-refractivity contribution in [3.8, 4) is 11.1 Å². The molecule has 0 saturated carbocycles. The Labute approximate surface area is 111 Å². The van der Waals surface area contributed by atoms with E-state index in [0.29, 0.717) is 0 Å². The second-order valence-electron chi connectivity index (χ2n) is 4.05. The summed E-state index contributed by atoms with van der Waals surface area (Å²) in [5, 5.41) is 9.30. The van der Waals surface area contributed by atoms with Gasteiger partial charge in [0.2, 0.25) is 0 Å². The van der Waals surface area contributed by atoms with E-state index in [2.05, 4.69) is 6.92 Å². The first-order chi connectivity index (χ1) is 8.61. The lowest BCUT2D eigenvalue weighted by Crippen LogP contribution is -1.97. The van der Waals surface area contributed by atoms with Crippen LogP contribution in [-0.2, 0) is 6.42 Å². The minimum absolute atomic E-state index is 0.133. The van der Waals surface area contributed by atoms with Crippen molar-refractivity contribution in [3.63, 3.8) is 0 Å². The van der Waals surface area contributed by atoms with Crippen LogP contribution in [0.5, 0.6) is 0 Å². The SMILES string of the molecule is CCc1ccc(-c2ccc(Cl)c(C(=O)O)c2)cc1. The minimum atomic E-state index is -1.01. The number of carboxylic acid groups (broad SMARTS) is 1. The third-order valence-electron chi connectivity index (χ3n) is 2.89. The molecule has 0 atom stereocenters. The summed E-state index contributed by atoms with van der Waals surface area (Å²) in [5.41, 5.74) is 3.24. The van der Waals surface area contributed by atoms with Crippen molar-refractivity contribution in [3.05, 3.63) is 58.6 Å². The standard InChI is InChI=1S/C15H13ClO2/c1-2-10-3-5-11(6-4-10)12-7-8-14(16)13(9-12)15(17)18/h3-9H,2H2,1H3,(H,17,18). The lowest BCUT2D eigenvalue weighted by Gasteiger charge is -2.06. The molecule has 0 unspecified atom stereocenters. The van der Waals surface area contributed by atoms with Crippen molar-refractivity contribution in [2.75, 3.05) is 0 Å². The van der Waals surface area contributed by atoms with Crippen LogP contribution < -0.4 is 0 Å². The average molecular weight is 261 g/mol. The van der Waals surface area contributed by atoms with Crippen molar-refractivity contribution < 1.29 is 9.90 Å². The molecule has 2 rings (SSSR count). The van der Waals surface area contributed by atoms with Crippen LogP contribution in [0.25, 0.3) is 11.1 Å². The number of rotatable bonds is 3. The summed E-state index contributed by atoms with van der Waals surface area (Å²) in [4.78, 5) is 11.0. The number of halogens is 1. The molecule has 2 aromatic rings. The molecule has 3 heteroatoms. The summed E-state index contributed by atoms with van der Waals surface area (Å²) in [5.74, 6) is -1.01. The first kappa shape index (κ1) is 12.7. The molecule has 0 bridgehead atoms. The molecule has 0 heterocycles. The third-order valence-corrected chi connectivity index (χ3v) is 3.22. The van der Waals surface area contributed by atoms with Gasteiger partial charge < -0.3 is 5.11 Å². The van der Waals surface area contributed by atoms with Gasteiger partial charge in [-0.05, 0) is 35.2 Å². The number of carboxylic acids is 1. The summed E-state index contributed by atoms with van der Waals surface area (Å²) >= 11 is 5.85. The molecule has 0 radical (unpaired) electrons. The summed E-state index contributed by atoms with van der Waals surface area (Å²) in [7, 11) is 0. The van der Waals surface area contributed by atoms with Crippen LogP contribution in [0.1, 0.15) is 22.8 Å². The van der Waals surface area contributed by atoms with E-state index >= 15 is 0 Å². The number of benzene rings is 2. The second kappa shape index (κ2) is 5.23. The van der Waals surface area contributed by atoms with Crippen molar-refractivity contribution in [1.29, 1.82) is 0 Å². The van der Waals surface area contributed by atoms with E-state index in [0.717, 1.165) is 17.5 Å². The van der Waals surface area contributed by atoms with E-state index in [-0.39, 0.29) is 10.6 Å². The highest BCUT2D eigenvalue weighted by Crippen LogP contribution is 2.25. The van der Waals surface area contributed by atoms with E-state index in [9.17, 15) is 4.79 Å². The molecule has 0 fully saturated rings. The molecule has 2 nitrogen and oxygen atoms in total. The summed E-state index contributed by atoms with van der Waals surface area (Å²) in [6.07, 6.45) is 0.987. The zero-order chi connectivity index (χ0) is 13.1. The number of hydrogen-bond donors (Lipinski definition) is 1. The number of hydrogen-bond acceptors (Lipinski definition) is 1. The molecule has 0 saturated heterocycles. The van der Waals surface area contributed by atoms with Gasteiger partial charge in [0.15, 0.2) is 0 Å². The van der Waals surface area contributed by atoms with Crippen LogP contribution >= 0.6 is 11.6 Å². The van der Waals surface area contributed by atoms with Gasteiger partial charge in [0.05, 0.1) is 10.6 Å². The predicted molar refractivity (Wildman–Crippen MR) is 73.2 cm³/mol. The van der Waals surface area contributed by atoms with Crippen LogP contribution in [0.15, 0.2) is 42.5 Å². The van der Waals surface area contributed by atoms with Gasteiger partial charge in [-0.2, -0.15) is 0 Å². The molecule has 0 aliphatic heterocycles. The van der Waals surface area contributed by atoms with Crippen LogP contribution in [0.4, 0.5) is 0 Å². The molecule has 92 valence electrons. The van der Waals surface area contributed by atoms with Crippen molar-refractivity contribution in [2.45, 2.75) is 13.3 Å². The topological polar surface area (TPSA) is 37.3 Å². The van der Waals surface area contributed by atoms with E-state index in [4.69, 9.17) is 16.7 Å². The highest BCUT2D eigenvalue weighted by atomic mass is 35.5. The summed E-state index contributed by atoms with van der Waals surface area (Å²) in [6, 6.07) is 13.1. The second-order valence-corrected chi connectivity index (χ2v) is 4.46. The Morgan fingerprint density at radius 3 is 2.28 bits per heavy atom. The van der Waals surface area contributed by atoms with Gasteiger partial charge in [-0.3, -0.25) is 0 Å². The van der Waals surface area contributed by atoms with Crippen LogP contribution in [0.3, 0.4) is 0 Å². The van der Waals surface area contributed by atoms with Crippen molar-refractivity contribution in [1.82, 2.24) is 0 Å². The van der Waals surface area contributed by atoms with E-state index in [1.807, 2.05) is 30.3 Å². The van der Waals surface area contributed by atoms with Gasteiger partial charge in [-0.1, -0.05) is 48.9 Å². The Balaban J connectivity index is 2.44. The van der Waals surface area contributed by atoms with Crippen LogP contribution in [0, 0.1) is 0 Å². The molecule has 0 aliphatic carbocycles. The Kier molecular flexibility index (Phi) is 3.68. The molecular formula is C15H13ClO2. The predicted octanol–water partition coefficient (Wildman–Crippen LogP) is 4.27. The summed E-state index contributed by atoms with van der Waals surface area (Å²) < 4.78 is 0. The molecule has 1 N–H and O–H groups in total. The van der Waals surface area contributed by atoms with Gasteiger partial charge in [0, 0.05) is 0 Å². The van der Waals surface area contributed by atoms with E-state index in [1.165, 1.54) is 5.56 Å². The maximum atomic E-state index is 11.0. The lowest BCUT2D eigenvalue weighted by atomic mass is 10.0. The molecular weight excluding hydrogens is 248 g/mol. The first-order valence-corrected chi connectivity index (χ1v) is 6.11. The Bertz CT molecular complexity index is 574. The lowest BCUT2D eigenvalue weighted by molar-refractivity contribution is 0.0697. The molecule has 0 aliphatic rings. The smallest absolute Gasteiger partial charge is 0.337 e. The Hall–Kier alpha value is -1.80. The third kappa shape index (κ3) is 2.54. The van der Waals surface area contributed by atoms with Gasteiger partial charge in [-0.25, -0.2) is 4.79 Å². The number of carbonyl (C=O) groups is 1. The summed E-state index contributed by atoms with van der Waals surface area (Å²) in [6.45, 7) is 2.10. The van der Waals surface area contributed by atoms with Gasteiger partial charge in [0.25, 0.3) is 0 Å². The maximum Gasteiger partial charge on any atom is 0.337 e. The maximum absolute atomic E-state index is 11.0. The zero-order valence-corrected chi connectivity index (χ0v) is 10.7. The van der Waals surface area contributed by atoms with Crippen LogP contribution in [-0.4, -0.2) is 11.1 Å². The molecule has 0 aromatic heterocycles. The van der Waals surface area contributed by atoms with Gasteiger partial charge in [-0.15, -0.1) is 0 Å². The molecule has 18 heavy (non-hydrogen) atoms. The van der Waals surface area contributed by atoms with Crippen molar-refractivity contribution in [2.24, 2.45) is 0 Å². The van der Waals surface area contributed by atoms with E-state index in [1.54, 1.807) is 12.1 Å². The first-order valence-electron chi connectivity index (χ1n) is 5.74. The largest absolute Gasteiger partial charge is 0.478 e. The Morgan fingerprint density at radius 1 is 1.11 bits per heavy atom. The fourth-order valence-electron chi connectivity index (χ4n) is 1.80. The fourth-order valence-corrected chi connectivity index (χ4v) is 2.00. The normalized spacial score (nSPS) is 10.3. The minimum Gasteiger partial charge on any atom is -0.478 e. The molecule has 0 amide bonds. The number of aryl methyl sites for hydroxylation is 1. The van der Waals surface area contributed by atoms with Gasteiger partial charge >= 0.3 is 5.97 Å². The van der Waals surface area contributed by atoms with Crippen LogP contribution in [0.2, 0.25) is 5.02 Å². The quantitative estimate of drug-likeness (QED) is 0.895. The van der Waals surface area contributed by atoms with Crippen molar-refractivity contribution >= 4 is 17.6 Å². The highest BCUT2D eigenvalue weighted by Gasteiger charge is 2.10. The average Bonchev–Trinajstić information content (AvgIpc) is 2.39.